The van der Waals surface area contributed by atoms with Gasteiger partial charge in [0, 0.05) is 12.0 Å². The molecule has 2 N–H and O–H groups in total. The highest BCUT2D eigenvalue weighted by Gasteiger charge is 2.17. The fourth-order valence-electron chi connectivity index (χ4n) is 2.29. The molecule has 0 radical (unpaired) electrons. The van der Waals surface area contributed by atoms with E-state index >= 15 is 0 Å². The summed E-state index contributed by atoms with van der Waals surface area (Å²) in [6.45, 7) is 6.09. The standard InChI is InChI=1S/C17H23N3O2/c1-5-14-17(18-15(21)10-11(2)3)16(20-19-14)12-6-8-13(22-4)9-7-12/h6-9,11H,5,10H2,1-4H3,(H,18,21)(H,19,20). The number of rotatable bonds is 6. The molecule has 118 valence electrons. The Labute approximate surface area is 131 Å². The molecule has 5 nitrogen and oxygen atoms in total. The quantitative estimate of drug-likeness (QED) is 0.856. The molecule has 1 aromatic heterocycles. The zero-order valence-electron chi connectivity index (χ0n) is 13.6. The molecular formula is C17H23N3O2. The van der Waals surface area contributed by atoms with Crippen LogP contribution in [0.1, 0.15) is 32.9 Å². The number of nitrogens with zero attached hydrogens (tertiary/aromatic N) is 1. The zero-order chi connectivity index (χ0) is 16.1. The number of hydrogen-bond acceptors (Lipinski definition) is 3. The fourth-order valence-corrected chi connectivity index (χ4v) is 2.29. The van der Waals surface area contributed by atoms with Crippen LogP contribution in [0.5, 0.6) is 5.75 Å². The highest BCUT2D eigenvalue weighted by Crippen LogP contribution is 2.30. The summed E-state index contributed by atoms with van der Waals surface area (Å²) in [6, 6.07) is 7.64. The Morgan fingerprint density at radius 1 is 1.32 bits per heavy atom. The smallest absolute Gasteiger partial charge is 0.224 e. The van der Waals surface area contributed by atoms with Crippen molar-refractivity contribution in [2.75, 3.05) is 12.4 Å². The summed E-state index contributed by atoms with van der Waals surface area (Å²) in [5, 5.41) is 10.4. The van der Waals surface area contributed by atoms with E-state index in [-0.39, 0.29) is 5.91 Å². The summed E-state index contributed by atoms with van der Waals surface area (Å²) >= 11 is 0. The molecule has 0 aliphatic carbocycles. The van der Waals surface area contributed by atoms with Crippen LogP contribution in [0.15, 0.2) is 24.3 Å². The molecule has 0 aliphatic rings. The molecule has 22 heavy (non-hydrogen) atoms. The minimum Gasteiger partial charge on any atom is -0.497 e. The van der Waals surface area contributed by atoms with E-state index in [4.69, 9.17) is 4.74 Å². The number of anilines is 1. The monoisotopic (exact) mass is 301 g/mol. The van der Waals surface area contributed by atoms with Gasteiger partial charge in [-0.1, -0.05) is 20.8 Å². The van der Waals surface area contributed by atoms with Crippen molar-refractivity contribution in [1.82, 2.24) is 10.2 Å². The Morgan fingerprint density at radius 3 is 2.55 bits per heavy atom. The van der Waals surface area contributed by atoms with Gasteiger partial charge in [0.2, 0.25) is 5.91 Å². The molecule has 0 unspecified atom stereocenters. The van der Waals surface area contributed by atoms with E-state index < -0.39 is 0 Å². The molecule has 1 aromatic carbocycles. The van der Waals surface area contributed by atoms with Gasteiger partial charge >= 0.3 is 0 Å². The third kappa shape index (κ3) is 3.67. The first-order chi connectivity index (χ1) is 10.5. The predicted molar refractivity (Wildman–Crippen MR) is 88.0 cm³/mol. The van der Waals surface area contributed by atoms with Gasteiger partial charge in [0.25, 0.3) is 0 Å². The summed E-state index contributed by atoms with van der Waals surface area (Å²) in [4.78, 5) is 12.1. The van der Waals surface area contributed by atoms with E-state index in [1.54, 1.807) is 7.11 Å². The van der Waals surface area contributed by atoms with Crippen molar-refractivity contribution in [1.29, 1.82) is 0 Å². The molecule has 0 saturated carbocycles. The van der Waals surface area contributed by atoms with Crippen molar-refractivity contribution < 1.29 is 9.53 Å². The van der Waals surface area contributed by atoms with Crippen molar-refractivity contribution in [3.05, 3.63) is 30.0 Å². The summed E-state index contributed by atoms with van der Waals surface area (Å²) in [5.74, 6) is 1.13. The number of aromatic nitrogens is 2. The van der Waals surface area contributed by atoms with Gasteiger partial charge in [-0.05, 0) is 36.6 Å². The number of carbonyl (C=O) groups excluding carboxylic acids is 1. The van der Waals surface area contributed by atoms with E-state index in [0.29, 0.717) is 12.3 Å². The normalized spacial score (nSPS) is 10.8. The minimum atomic E-state index is 0.0147. The third-order valence-corrected chi connectivity index (χ3v) is 3.42. The number of aryl methyl sites for hydroxylation is 1. The molecule has 0 spiro atoms. The van der Waals surface area contributed by atoms with Crippen molar-refractivity contribution in [3.63, 3.8) is 0 Å². The summed E-state index contributed by atoms with van der Waals surface area (Å²) in [5.41, 5.74) is 3.41. The van der Waals surface area contributed by atoms with Crippen LogP contribution >= 0.6 is 0 Å². The van der Waals surface area contributed by atoms with Gasteiger partial charge in [-0.2, -0.15) is 5.10 Å². The maximum Gasteiger partial charge on any atom is 0.224 e. The lowest BCUT2D eigenvalue weighted by molar-refractivity contribution is -0.116. The van der Waals surface area contributed by atoms with E-state index in [1.807, 2.05) is 45.0 Å². The first-order valence-electron chi connectivity index (χ1n) is 7.56. The molecule has 1 heterocycles. The van der Waals surface area contributed by atoms with Crippen LogP contribution in [0.25, 0.3) is 11.3 Å². The van der Waals surface area contributed by atoms with Crippen molar-refractivity contribution in [2.24, 2.45) is 5.92 Å². The number of ether oxygens (including phenoxy) is 1. The predicted octanol–water partition coefficient (Wildman–Crippen LogP) is 3.63. The lowest BCUT2D eigenvalue weighted by Gasteiger charge is -2.09. The van der Waals surface area contributed by atoms with Gasteiger partial charge in [0.05, 0.1) is 18.5 Å². The molecule has 0 bridgehead atoms. The van der Waals surface area contributed by atoms with Crippen molar-refractivity contribution >= 4 is 11.6 Å². The number of aromatic amines is 1. The number of methoxy groups -OCH3 is 1. The number of nitrogens with one attached hydrogen (secondary N) is 2. The average Bonchev–Trinajstić information content (AvgIpc) is 2.89. The molecular weight excluding hydrogens is 278 g/mol. The molecule has 2 rings (SSSR count). The molecule has 1 amide bonds. The van der Waals surface area contributed by atoms with Crippen LogP contribution < -0.4 is 10.1 Å². The molecule has 0 fully saturated rings. The fraction of sp³-hybridized carbons (Fsp3) is 0.412. The van der Waals surface area contributed by atoms with Gasteiger partial charge < -0.3 is 10.1 Å². The lowest BCUT2D eigenvalue weighted by atomic mass is 10.1. The topological polar surface area (TPSA) is 67.0 Å². The second-order valence-electron chi connectivity index (χ2n) is 5.65. The van der Waals surface area contributed by atoms with Crippen LogP contribution in [0.4, 0.5) is 5.69 Å². The number of H-pyrrole nitrogens is 1. The van der Waals surface area contributed by atoms with Gasteiger partial charge in [0.1, 0.15) is 11.4 Å². The van der Waals surface area contributed by atoms with Crippen LogP contribution in [0, 0.1) is 5.92 Å². The largest absolute Gasteiger partial charge is 0.497 e. The highest BCUT2D eigenvalue weighted by atomic mass is 16.5. The number of benzene rings is 1. The zero-order valence-corrected chi connectivity index (χ0v) is 13.6. The molecule has 5 heteroatoms. The maximum absolute atomic E-state index is 12.1. The summed E-state index contributed by atoms with van der Waals surface area (Å²) < 4.78 is 5.17. The van der Waals surface area contributed by atoms with E-state index in [9.17, 15) is 4.79 Å². The van der Waals surface area contributed by atoms with Gasteiger partial charge in [-0.15, -0.1) is 0 Å². The molecule has 0 saturated heterocycles. The van der Waals surface area contributed by atoms with Crippen molar-refractivity contribution in [2.45, 2.75) is 33.6 Å². The first kappa shape index (κ1) is 16.1. The summed E-state index contributed by atoms with van der Waals surface area (Å²) in [6.07, 6.45) is 1.27. The third-order valence-electron chi connectivity index (χ3n) is 3.42. The van der Waals surface area contributed by atoms with E-state index in [0.717, 1.165) is 34.8 Å². The Bertz CT molecular complexity index is 630. The van der Waals surface area contributed by atoms with Gasteiger partial charge in [0.15, 0.2) is 0 Å². The SMILES string of the molecule is CCc1[nH]nc(-c2ccc(OC)cc2)c1NC(=O)CC(C)C. The van der Waals surface area contributed by atoms with Crippen LogP contribution in [0.2, 0.25) is 0 Å². The number of amides is 1. The van der Waals surface area contributed by atoms with Gasteiger partial charge in [-0.25, -0.2) is 0 Å². The Hall–Kier alpha value is -2.30. The van der Waals surface area contributed by atoms with Crippen LogP contribution in [-0.2, 0) is 11.2 Å². The maximum atomic E-state index is 12.1. The second kappa shape index (κ2) is 7.11. The van der Waals surface area contributed by atoms with Crippen LogP contribution in [0.3, 0.4) is 0 Å². The summed E-state index contributed by atoms with van der Waals surface area (Å²) in [7, 11) is 1.64. The minimum absolute atomic E-state index is 0.0147. The van der Waals surface area contributed by atoms with Crippen molar-refractivity contribution in [3.8, 4) is 17.0 Å². The average molecular weight is 301 g/mol. The Morgan fingerprint density at radius 2 is 2.00 bits per heavy atom. The number of hydrogen-bond donors (Lipinski definition) is 2. The van der Waals surface area contributed by atoms with E-state index in [2.05, 4.69) is 15.5 Å². The highest BCUT2D eigenvalue weighted by molar-refractivity contribution is 5.95. The molecule has 0 atom stereocenters. The van der Waals surface area contributed by atoms with Gasteiger partial charge in [-0.3, -0.25) is 9.89 Å². The second-order valence-corrected chi connectivity index (χ2v) is 5.65. The first-order valence-corrected chi connectivity index (χ1v) is 7.56. The van der Waals surface area contributed by atoms with Crippen LogP contribution in [-0.4, -0.2) is 23.2 Å². The Balaban J connectivity index is 2.31. The van der Waals surface area contributed by atoms with E-state index in [1.165, 1.54) is 0 Å². The molecule has 2 aromatic rings. The lowest BCUT2D eigenvalue weighted by Crippen LogP contribution is -2.15. The molecule has 0 aliphatic heterocycles. The number of carbonyl (C=O) groups is 1. The Kier molecular flexibility index (Phi) is 5.20.